The van der Waals surface area contributed by atoms with E-state index < -0.39 is 7.82 Å². The first-order valence-corrected chi connectivity index (χ1v) is 5.89. The van der Waals surface area contributed by atoms with Crippen molar-refractivity contribution in [3.8, 4) is 0 Å². The van der Waals surface area contributed by atoms with Gasteiger partial charge < -0.3 is 9.79 Å². The van der Waals surface area contributed by atoms with Gasteiger partial charge in [0.15, 0.2) is 0 Å². The van der Waals surface area contributed by atoms with Crippen LogP contribution in [0.3, 0.4) is 0 Å². The molecule has 1 unspecified atom stereocenters. The lowest BCUT2D eigenvalue weighted by Gasteiger charge is -2.20. The number of likely N-dealkylation sites (tertiary alicyclic amines) is 1. The molecule has 1 saturated heterocycles. The normalized spacial score (nSPS) is 25.8. The Balaban J connectivity index is 2.38. The molecule has 78 valence electrons. The van der Waals surface area contributed by atoms with Crippen molar-refractivity contribution in [2.24, 2.45) is 0 Å². The summed E-state index contributed by atoms with van der Waals surface area (Å²) in [4.78, 5) is 19.3. The van der Waals surface area contributed by atoms with E-state index in [1.165, 1.54) is 0 Å². The van der Waals surface area contributed by atoms with Crippen molar-refractivity contribution < 1.29 is 18.9 Å². The number of phosphoric ester groups is 1. The van der Waals surface area contributed by atoms with E-state index in [2.05, 4.69) is 23.3 Å². The summed E-state index contributed by atoms with van der Waals surface area (Å²) in [5.74, 6) is 0. The molecule has 1 aliphatic heterocycles. The zero-order chi connectivity index (χ0) is 10.1. The van der Waals surface area contributed by atoms with Crippen molar-refractivity contribution in [2.45, 2.75) is 32.4 Å². The van der Waals surface area contributed by atoms with Crippen LogP contribution in [0.2, 0.25) is 0 Å². The lowest BCUT2D eigenvalue weighted by Crippen LogP contribution is -2.29. The van der Waals surface area contributed by atoms with Gasteiger partial charge in [-0.1, -0.05) is 0 Å². The smallest absolute Gasteiger partial charge is 0.303 e. The molecule has 1 atom stereocenters. The Morgan fingerprint density at radius 2 is 2.15 bits per heavy atom. The Labute approximate surface area is 77.9 Å². The fourth-order valence-corrected chi connectivity index (χ4v) is 2.06. The predicted octanol–water partition coefficient (Wildman–Crippen LogP) is 0.578. The van der Waals surface area contributed by atoms with Gasteiger partial charge >= 0.3 is 7.82 Å². The van der Waals surface area contributed by atoms with Crippen molar-refractivity contribution in [3.63, 3.8) is 0 Å². The van der Waals surface area contributed by atoms with Crippen LogP contribution in [0.25, 0.3) is 0 Å². The quantitative estimate of drug-likeness (QED) is 0.665. The Morgan fingerprint density at radius 3 is 2.54 bits per heavy atom. The summed E-state index contributed by atoms with van der Waals surface area (Å²) in [5.41, 5.74) is 0. The molecule has 13 heavy (non-hydrogen) atoms. The zero-order valence-electron chi connectivity index (χ0n) is 7.88. The molecule has 0 aliphatic carbocycles. The summed E-state index contributed by atoms with van der Waals surface area (Å²) in [7, 11) is -4.30. The van der Waals surface area contributed by atoms with E-state index in [1.54, 1.807) is 0 Å². The van der Waals surface area contributed by atoms with Gasteiger partial charge in [-0.2, -0.15) is 0 Å². The second-order valence-electron chi connectivity index (χ2n) is 3.60. The third-order valence-corrected chi connectivity index (χ3v) is 2.77. The molecular weight excluding hydrogens is 193 g/mol. The lowest BCUT2D eigenvalue weighted by molar-refractivity contribution is 0.131. The molecule has 0 aromatic heterocycles. The summed E-state index contributed by atoms with van der Waals surface area (Å²) in [6.07, 6.45) is 0.381. The minimum Gasteiger partial charge on any atom is -0.303 e. The van der Waals surface area contributed by atoms with Gasteiger partial charge in [-0.05, 0) is 20.3 Å². The van der Waals surface area contributed by atoms with Crippen LogP contribution in [0.5, 0.6) is 0 Å². The monoisotopic (exact) mass is 209 g/mol. The Bertz CT molecular complexity index is 215. The molecule has 0 saturated carbocycles. The average Bonchev–Trinajstić information content (AvgIpc) is 2.31. The lowest BCUT2D eigenvalue weighted by atomic mass is 10.3. The number of phosphoric acid groups is 1. The van der Waals surface area contributed by atoms with Gasteiger partial charge in [0.05, 0.1) is 6.10 Å². The van der Waals surface area contributed by atoms with Crippen LogP contribution in [-0.4, -0.2) is 39.9 Å². The SMILES string of the molecule is CC(C)N1CCC(OP(=O)(O)O)C1. The second kappa shape index (κ2) is 4.07. The highest BCUT2D eigenvalue weighted by Crippen LogP contribution is 2.39. The molecule has 0 aromatic carbocycles. The van der Waals surface area contributed by atoms with Crippen LogP contribution in [0.1, 0.15) is 20.3 Å². The maximum atomic E-state index is 10.5. The van der Waals surface area contributed by atoms with Gasteiger partial charge in [-0.25, -0.2) is 4.57 Å². The minimum absolute atomic E-state index is 0.316. The van der Waals surface area contributed by atoms with Crippen LogP contribution in [0.15, 0.2) is 0 Å². The first-order valence-electron chi connectivity index (χ1n) is 4.36. The maximum absolute atomic E-state index is 10.5. The number of hydrogen-bond acceptors (Lipinski definition) is 3. The van der Waals surface area contributed by atoms with Crippen molar-refractivity contribution in [1.82, 2.24) is 4.90 Å². The molecule has 1 aliphatic rings. The van der Waals surface area contributed by atoms with E-state index >= 15 is 0 Å². The van der Waals surface area contributed by atoms with E-state index in [1.807, 2.05) is 0 Å². The van der Waals surface area contributed by atoms with Crippen molar-refractivity contribution in [2.75, 3.05) is 13.1 Å². The summed E-state index contributed by atoms with van der Waals surface area (Å²) in [6.45, 7) is 5.57. The first kappa shape index (κ1) is 11.1. The molecule has 0 radical (unpaired) electrons. The van der Waals surface area contributed by atoms with E-state index in [0.29, 0.717) is 19.0 Å². The van der Waals surface area contributed by atoms with Gasteiger partial charge in [-0.3, -0.25) is 9.42 Å². The number of hydrogen-bond donors (Lipinski definition) is 2. The summed E-state index contributed by atoms with van der Waals surface area (Å²) >= 11 is 0. The molecule has 0 spiro atoms. The molecule has 1 rings (SSSR count). The highest BCUT2D eigenvalue weighted by molar-refractivity contribution is 7.46. The molecule has 1 fully saturated rings. The fraction of sp³-hybridized carbons (Fsp3) is 1.00. The van der Waals surface area contributed by atoms with Gasteiger partial charge in [0.25, 0.3) is 0 Å². The molecule has 0 bridgehead atoms. The van der Waals surface area contributed by atoms with Crippen molar-refractivity contribution in [3.05, 3.63) is 0 Å². The van der Waals surface area contributed by atoms with E-state index in [4.69, 9.17) is 9.79 Å². The topological polar surface area (TPSA) is 70.0 Å². The summed E-state index contributed by atoms with van der Waals surface area (Å²) < 4.78 is 15.1. The number of nitrogens with zero attached hydrogens (tertiary/aromatic N) is 1. The zero-order valence-corrected chi connectivity index (χ0v) is 8.78. The fourth-order valence-electron chi connectivity index (χ4n) is 1.50. The maximum Gasteiger partial charge on any atom is 0.469 e. The number of rotatable bonds is 3. The average molecular weight is 209 g/mol. The molecule has 0 aromatic rings. The van der Waals surface area contributed by atoms with Gasteiger partial charge in [0.2, 0.25) is 0 Å². The molecule has 1 heterocycles. The summed E-state index contributed by atoms with van der Waals surface area (Å²) in [6, 6.07) is 0.408. The van der Waals surface area contributed by atoms with Crippen LogP contribution >= 0.6 is 7.82 Å². The molecule has 0 amide bonds. The van der Waals surface area contributed by atoms with Crippen molar-refractivity contribution >= 4 is 7.82 Å². The van der Waals surface area contributed by atoms with Crippen LogP contribution < -0.4 is 0 Å². The van der Waals surface area contributed by atoms with Gasteiger partial charge in [-0.15, -0.1) is 0 Å². The predicted molar refractivity (Wildman–Crippen MR) is 48.2 cm³/mol. The standard InChI is InChI=1S/C7H16NO4P/c1-6(2)8-4-3-7(5-8)12-13(9,10)11/h6-7H,3-5H2,1-2H3,(H2,9,10,11). The van der Waals surface area contributed by atoms with Gasteiger partial charge in [0.1, 0.15) is 0 Å². The van der Waals surface area contributed by atoms with Crippen LogP contribution in [-0.2, 0) is 9.09 Å². The molecule has 5 nitrogen and oxygen atoms in total. The summed E-state index contributed by atoms with van der Waals surface area (Å²) in [5, 5.41) is 0. The highest BCUT2D eigenvalue weighted by Gasteiger charge is 2.30. The molecule has 2 N–H and O–H groups in total. The third-order valence-electron chi connectivity index (χ3n) is 2.19. The van der Waals surface area contributed by atoms with E-state index in [0.717, 1.165) is 6.54 Å². The third kappa shape index (κ3) is 3.75. The van der Waals surface area contributed by atoms with Crippen LogP contribution in [0, 0.1) is 0 Å². The van der Waals surface area contributed by atoms with Crippen LogP contribution in [0.4, 0.5) is 0 Å². The Kier molecular flexibility index (Phi) is 3.49. The largest absolute Gasteiger partial charge is 0.469 e. The van der Waals surface area contributed by atoms with E-state index in [9.17, 15) is 4.57 Å². The Hall–Kier alpha value is 0.0700. The van der Waals surface area contributed by atoms with Crippen molar-refractivity contribution in [1.29, 1.82) is 0 Å². The first-order chi connectivity index (χ1) is 5.88. The second-order valence-corrected chi connectivity index (χ2v) is 4.79. The van der Waals surface area contributed by atoms with E-state index in [-0.39, 0.29) is 6.10 Å². The minimum atomic E-state index is -4.30. The highest BCUT2D eigenvalue weighted by atomic mass is 31.2. The molecular formula is C7H16NO4P. The van der Waals surface area contributed by atoms with Gasteiger partial charge in [0, 0.05) is 19.1 Å². The Morgan fingerprint density at radius 1 is 1.54 bits per heavy atom. The molecule has 6 heteroatoms.